The molecule has 0 atom stereocenters. The van der Waals surface area contributed by atoms with Gasteiger partial charge in [-0.1, -0.05) is 12.1 Å². The molecule has 25 heavy (non-hydrogen) atoms. The molecule has 2 saturated heterocycles. The number of rotatable bonds is 3. The molecule has 2 aliphatic heterocycles. The average molecular weight is 380 g/mol. The van der Waals surface area contributed by atoms with Crippen LogP contribution in [0, 0.1) is 17.2 Å². The maximum absolute atomic E-state index is 12.8. The van der Waals surface area contributed by atoms with Gasteiger partial charge in [0, 0.05) is 43.6 Å². The van der Waals surface area contributed by atoms with Crippen LogP contribution >= 0.6 is 11.8 Å². The second-order valence-corrected chi connectivity index (χ2v) is 9.36. The molecule has 0 unspecified atom stereocenters. The van der Waals surface area contributed by atoms with E-state index in [1.54, 1.807) is 12.1 Å². The number of piperidine rings is 1. The molecule has 2 heterocycles. The van der Waals surface area contributed by atoms with Crippen molar-refractivity contribution in [1.29, 1.82) is 5.26 Å². The molecule has 0 N–H and O–H groups in total. The van der Waals surface area contributed by atoms with E-state index in [2.05, 4.69) is 0 Å². The van der Waals surface area contributed by atoms with E-state index in [1.165, 1.54) is 16.4 Å². The first kappa shape index (κ1) is 18.2. The summed E-state index contributed by atoms with van der Waals surface area (Å²) in [6.45, 7) is 2.22. The van der Waals surface area contributed by atoms with E-state index in [9.17, 15) is 13.2 Å². The fourth-order valence-electron chi connectivity index (χ4n) is 3.31. The number of hydrogen-bond acceptors (Lipinski definition) is 5. The fraction of sp³-hybridized carbons (Fsp3) is 0.529. The van der Waals surface area contributed by atoms with E-state index >= 15 is 0 Å². The van der Waals surface area contributed by atoms with Gasteiger partial charge >= 0.3 is 0 Å². The van der Waals surface area contributed by atoms with Gasteiger partial charge in [-0.25, -0.2) is 8.42 Å². The van der Waals surface area contributed by atoms with Crippen LogP contribution in [0.25, 0.3) is 0 Å². The number of benzene rings is 1. The Bertz CT molecular complexity index is 775. The topological polar surface area (TPSA) is 81.5 Å². The predicted octanol–water partition coefficient (Wildman–Crippen LogP) is 1.53. The molecule has 1 aromatic rings. The number of nitriles is 1. The summed E-state index contributed by atoms with van der Waals surface area (Å²) in [4.78, 5) is 14.5. The third kappa shape index (κ3) is 3.84. The van der Waals surface area contributed by atoms with E-state index in [0.29, 0.717) is 25.9 Å². The molecule has 2 aliphatic rings. The third-order valence-electron chi connectivity index (χ3n) is 4.75. The molecule has 0 spiro atoms. The second kappa shape index (κ2) is 7.77. The standard InChI is InChI=1S/C17H21N3O3S2/c18-13-15-3-1-2-4-16(15)25(22,23)20-7-5-14(6-8-20)17(21)19-9-11-24-12-10-19/h1-4,14H,5-12H2. The number of amides is 1. The fourth-order valence-corrected chi connectivity index (χ4v) is 5.82. The summed E-state index contributed by atoms with van der Waals surface area (Å²) >= 11 is 1.86. The Morgan fingerprint density at radius 2 is 1.76 bits per heavy atom. The lowest BCUT2D eigenvalue weighted by Gasteiger charge is -2.35. The lowest BCUT2D eigenvalue weighted by Crippen LogP contribution is -2.46. The predicted molar refractivity (Wildman–Crippen MR) is 96.5 cm³/mol. The molecule has 0 saturated carbocycles. The van der Waals surface area contributed by atoms with Crippen molar-refractivity contribution in [3.05, 3.63) is 29.8 Å². The van der Waals surface area contributed by atoms with E-state index < -0.39 is 10.0 Å². The molecule has 134 valence electrons. The quantitative estimate of drug-likeness (QED) is 0.796. The molecule has 3 rings (SSSR count). The van der Waals surface area contributed by atoms with Crippen molar-refractivity contribution in [2.24, 2.45) is 5.92 Å². The van der Waals surface area contributed by atoms with E-state index in [-0.39, 0.29) is 22.3 Å². The van der Waals surface area contributed by atoms with Crippen molar-refractivity contribution in [3.63, 3.8) is 0 Å². The Balaban J connectivity index is 1.67. The van der Waals surface area contributed by atoms with Crippen molar-refractivity contribution in [2.75, 3.05) is 37.7 Å². The highest BCUT2D eigenvalue weighted by molar-refractivity contribution is 7.99. The first-order chi connectivity index (χ1) is 12.0. The van der Waals surface area contributed by atoms with Crippen molar-refractivity contribution in [2.45, 2.75) is 17.7 Å². The van der Waals surface area contributed by atoms with Crippen LogP contribution in [0.4, 0.5) is 0 Å². The van der Waals surface area contributed by atoms with Crippen molar-refractivity contribution >= 4 is 27.7 Å². The van der Waals surface area contributed by atoms with Crippen LogP contribution in [-0.2, 0) is 14.8 Å². The summed E-state index contributed by atoms with van der Waals surface area (Å²) in [6, 6.07) is 8.20. The number of sulfonamides is 1. The Morgan fingerprint density at radius 1 is 1.12 bits per heavy atom. The molecule has 0 aliphatic carbocycles. The Hall–Kier alpha value is -1.56. The number of thioether (sulfide) groups is 1. The summed E-state index contributed by atoms with van der Waals surface area (Å²) in [6.07, 6.45) is 1.08. The SMILES string of the molecule is N#Cc1ccccc1S(=O)(=O)N1CCC(C(=O)N2CCSCC2)CC1. The van der Waals surface area contributed by atoms with Gasteiger partial charge in [0.15, 0.2) is 0 Å². The highest BCUT2D eigenvalue weighted by Gasteiger charge is 2.34. The van der Waals surface area contributed by atoms with Gasteiger partial charge in [0.25, 0.3) is 0 Å². The van der Waals surface area contributed by atoms with Gasteiger partial charge in [0.1, 0.15) is 6.07 Å². The molecular weight excluding hydrogens is 358 g/mol. The van der Waals surface area contributed by atoms with E-state index in [4.69, 9.17) is 5.26 Å². The van der Waals surface area contributed by atoms with Gasteiger partial charge in [-0.2, -0.15) is 21.3 Å². The first-order valence-electron chi connectivity index (χ1n) is 8.40. The minimum absolute atomic E-state index is 0.0512. The van der Waals surface area contributed by atoms with Gasteiger partial charge in [-0.05, 0) is 25.0 Å². The Labute approximate surface area is 152 Å². The third-order valence-corrected chi connectivity index (χ3v) is 7.65. The average Bonchev–Trinajstić information content (AvgIpc) is 2.68. The zero-order chi connectivity index (χ0) is 17.9. The van der Waals surface area contributed by atoms with Crippen LogP contribution in [0.3, 0.4) is 0 Å². The normalized spacial score (nSPS) is 20.2. The number of carbonyl (C=O) groups excluding carboxylic acids is 1. The molecule has 0 radical (unpaired) electrons. The number of hydrogen-bond donors (Lipinski definition) is 0. The summed E-state index contributed by atoms with van der Waals surface area (Å²) in [7, 11) is -3.70. The maximum Gasteiger partial charge on any atom is 0.244 e. The number of nitrogens with zero attached hydrogens (tertiary/aromatic N) is 3. The smallest absolute Gasteiger partial charge is 0.244 e. The van der Waals surface area contributed by atoms with Gasteiger partial charge in [-0.3, -0.25) is 4.79 Å². The molecule has 0 bridgehead atoms. The molecule has 0 aromatic heterocycles. The van der Waals surface area contributed by atoms with Crippen molar-refractivity contribution in [1.82, 2.24) is 9.21 Å². The van der Waals surface area contributed by atoms with Crippen LogP contribution < -0.4 is 0 Å². The second-order valence-electron chi connectivity index (χ2n) is 6.22. The van der Waals surface area contributed by atoms with E-state index in [0.717, 1.165) is 24.6 Å². The van der Waals surface area contributed by atoms with Crippen LogP contribution in [-0.4, -0.2) is 61.2 Å². The maximum atomic E-state index is 12.8. The highest BCUT2D eigenvalue weighted by atomic mass is 32.2. The summed E-state index contributed by atoms with van der Waals surface area (Å²) in [5.41, 5.74) is 0.159. The lowest BCUT2D eigenvalue weighted by molar-refractivity contribution is -0.136. The van der Waals surface area contributed by atoms with E-state index in [1.807, 2.05) is 22.7 Å². The van der Waals surface area contributed by atoms with Crippen molar-refractivity contribution < 1.29 is 13.2 Å². The monoisotopic (exact) mass is 379 g/mol. The Kier molecular flexibility index (Phi) is 5.67. The summed E-state index contributed by atoms with van der Waals surface area (Å²) in [5.74, 6) is 2.02. The summed E-state index contributed by atoms with van der Waals surface area (Å²) < 4.78 is 27.0. The van der Waals surface area contributed by atoms with Gasteiger partial charge < -0.3 is 4.90 Å². The molecule has 1 amide bonds. The zero-order valence-electron chi connectivity index (χ0n) is 13.9. The first-order valence-corrected chi connectivity index (χ1v) is 11.0. The zero-order valence-corrected chi connectivity index (χ0v) is 15.6. The molecule has 1 aromatic carbocycles. The molecular formula is C17H21N3O3S2. The van der Waals surface area contributed by atoms with Crippen LogP contribution in [0.1, 0.15) is 18.4 Å². The van der Waals surface area contributed by atoms with Gasteiger partial charge in [0.2, 0.25) is 15.9 Å². The van der Waals surface area contributed by atoms with Crippen LogP contribution in [0.15, 0.2) is 29.2 Å². The number of carbonyl (C=O) groups is 1. The van der Waals surface area contributed by atoms with Crippen LogP contribution in [0.5, 0.6) is 0 Å². The van der Waals surface area contributed by atoms with Crippen molar-refractivity contribution in [3.8, 4) is 6.07 Å². The lowest BCUT2D eigenvalue weighted by atomic mass is 9.96. The minimum Gasteiger partial charge on any atom is -0.341 e. The highest BCUT2D eigenvalue weighted by Crippen LogP contribution is 2.27. The minimum atomic E-state index is -3.70. The van der Waals surface area contributed by atoms with Crippen LogP contribution in [0.2, 0.25) is 0 Å². The largest absolute Gasteiger partial charge is 0.341 e. The Morgan fingerprint density at radius 3 is 2.40 bits per heavy atom. The molecule has 2 fully saturated rings. The molecule has 6 nitrogen and oxygen atoms in total. The summed E-state index contributed by atoms with van der Waals surface area (Å²) in [5, 5.41) is 9.15. The van der Waals surface area contributed by atoms with Gasteiger partial charge in [0.05, 0.1) is 10.5 Å². The van der Waals surface area contributed by atoms with Gasteiger partial charge in [-0.15, -0.1) is 0 Å². The molecule has 8 heteroatoms.